The van der Waals surface area contributed by atoms with Crippen LogP contribution in [0.25, 0.3) is 0 Å². The van der Waals surface area contributed by atoms with Crippen molar-refractivity contribution in [2.24, 2.45) is 0 Å². The van der Waals surface area contributed by atoms with Crippen molar-refractivity contribution >= 4 is 119 Å². The van der Waals surface area contributed by atoms with Crippen molar-refractivity contribution in [2.75, 3.05) is 7.47 Å². The number of sulfonamides is 1. The van der Waals surface area contributed by atoms with Crippen LogP contribution in [0.4, 0.5) is 5.69 Å². The monoisotopic (exact) mass is 619 g/mol. The van der Waals surface area contributed by atoms with Crippen molar-refractivity contribution in [3.8, 4) is 0 Å². The third kappa shape index (κ3) is 5.54. The summed E-state index contributed by atoms with van der Waals surface area (Å²) in [5.74, 6) is 0. The predicted octanol–water partition coefficient (Wildman–Crippen LogP) is 5.40. The molecule has 0 aliphatic rings. The predicted molar refractivity (Wildman–Crippen MR) is 107 cm³/mol. The van der Waals surface area contributed by atoms with E-state index in [1.54, 1.807) is 40.8 Å². The van der Waals surface area contributed by atoms with E-state index in [9.17, 15) is 8.42 Å². The first kappa shape index (κ1) is 20.0. The minimum atomic E-state index is -3.60. The molecule has 20 heavy (non-hydrogen) atoms. The first-order chi connectivity index (χ1) is 9.10. The second kappa shape index (κ2) is 8.16. The lowest BCUT2D eigenvalue weighted by atomic mass is 10.3. The molecule has 0 unspecified atom stereocenters. The highest BCUT2D eigenvalue weighted by Gasteiger charge is 2.39. The summed E-state index contributed by atoms with van der Waals surface area (Å²) in [6.45, 7) is 0. The standard InChI is InChI=1S/C9H7Cl4I2NO2S2/c10-8(11)9(12,13)19-16(20(17,18)5-14)7-3-1-2-6(15)4-7/h1-4,8H,5H2. The summed E-state index contributed by atoms with van der Waals surface area (Å²) in [4.78, 5) is -1.16. The van der Waals surface area contributed by atoms with Crippen LogP contribution in [0.3, 0.4) is 0 Å². The van der Waals surface area contributed by atoms with Gasteiger partial charge in [0.2, 0.25) is 3.67 Å². The van der Waals surface area contributed by atoms with Crippen LogP contribution in [0.15, 0.2) is 24.3 Å². The zero-order valence-electron chi connectivity index (χ0n) is 9.44. The van der Waals surface area contributed by atoms with Crippen molar-refractivity contribution < 1.29 is 8.42 Å². The van der Waals surface area contributed by atoms with Gasteiger partial charge in [-0.15, -0.1) is 23.2 Å². The Hall–Kier alpha value is 1.94. The van der Waals surface area contributed by atoms with Crippen LogP contribution in [0, 0.1) is 3.57 Å². The number of rotatable bonds is 6. The Labute approximate surface area is 169 Å². The Kier molecular flexibility index (Phi) is 8.16. The van der Waals surface area contributed by atoms with Gasteiger partial charge in [0.05, 0.1) is 5.69 Å². The lowest BCUT2D eigenvalue weighted by Crippen LogP contribution is -2.32. The van der Waals surface area contributed by atoms with E-state index in [1.807, 2.05) is 6.07 Å². The number of benzene rings is 1. The van der Waals surface area contributed by atoms with E-state index < -0.39 is 18.5 Å². The maximum Gasteiger partial charge on any atom is 0.254 e. The molecule has 0 aromatic heterocycles. The smallest absolute Gasteiger partial charge is 0.208 e. The van der Waals surface area contributed by atoms with E-state index in [1.165, 1.54) is 0 Å². The fraction of sp³-hybridized carbons (Fsp3) is 0.333. The van der Waals surface area contributed by atoms with Gasteiger partial charge in [0.25, 0.3) is 10.0 Å². The van der Waals surface area contributed by atoms with Crippen molar-refractivity contribution in [3.63, 3.8) is 0 Å². The van der Waals surface area contributed by atoms with Gasteiger partial charge in [-0.2, -0.15) is 0 Å². The Bertz CT molecular complexity index is 571. The largest absolute Gasteiger partial charge is 0.254 e. The lowest BCUT2D eigenvalue weighted by Gasteiger charge is -2.29. The Balaban J connectivity index is 3.24. The number of nitrogens with zero attached hydrogens (tertiary/aromatic N) is 1. The molecule has 0 fully saturated rings. The van der Waals surface area contributed by atoms with Crippen LogP contribution in [-0.4, -0.2) is 20.7 Å². The summed E-state index contributed by atoms with van der Waals surface area (Å²) in [7, 11) is -3.60. The molecule has 0 aliphatic heterocycles. The molecule has 0 heterocycles. The molecule has 1 aromatic carbocycles. The highest BCUT2D eigenvalue weighted by atomic mass is 127. The molecule has 0 bridgehead atoms. The average molecular weight is 621 g/mol. The number of hydrogen-bond acceptors (Lipinski definition) is 3. The molecule has 0 radical (unpaired) electrons. The summed E-state index contributed by atoms with van der Waals surface area (Å²) in [5, 5.41) is 0. The molecule has 0 saturated heterocycles. The zero-order valence-corrected chi connectivity index (χ0v) is 18.4. The molecular formula is C9H7Cl4I2NO2S2. The van der Waals surface area contributed by atoms with Crippen LogP contribution < -0.4 is 3.71 Å². The summed E-state index contributed by atoms with van der Waals surface area (Å²) >= 11 is 27.8. The number of halogens is 6. The highest BCUT2D eigenvalue weighted by molar-refractivity contribution is 14.1. The van der Waals surface area contributed by atoms with Crippen LogP contribution in [0.1, 0.15) is 0 Å². The third-order valence-electron chi connectivity index (χ3n) is 1.87. The van der Waals surface area contributed by atoms with E-state index >= 15 is 0 Å². The summed E-state index contributed by atoms with van der Waals surface area (Å²) in [5.41, 5.74) is 0.429. The van der Waals surface area contributed by atoms with Gasteiger partial charge < -0.3 is 0 Å². The van der Waals surface area contributed by atoms with Gasteiger partial charge in [0.15, 0.2) is 4.84 Å². The van der Waals surface area contributed by atoms with Crippen molar-refractivity contribution in [3.05, 3.63) is 27.8 Å². The fourth-order valence-corrected chi connectivity index (χ4v) is 5.89. The van der Waals surface area contributed by atoms with E-state index in [-0.39, 0.29) is 3.76 Å². The summed E-state index contributed by atoms with van der Waals surface area (Å²) in [6.07, 6.45) is 0. The molecule has 0 atom stereocenters. The number of anilines is 1. The van der Waals surface area contributed by atoms with Crippen LogP contribution in [-0.2, 0) is 10.0 Å². The van der Waals surface area contributed by atoms with Gasteiger partial charge in [-0.1, -0.05) is 51.9 Å². The third-order valence-corrected chi connectivity index (χ3v) is 9.86. The molecule has 0 amide bonds. The summed E-state index contributed by atoms with van der Waals surface area (Å²) < 4.78 is 24.5. The molecule has 114 valence electrons. The molecule has 1 rings (SSSR count). The number of hydrogen-bond donors (Lipinski definition) is 0. The van der Waals surface area contributed by atoms with Gasteiger partial charge in [-0.05, 0) is 40.8 Å². The maximum absolute atomic E-state index is 12.2. The van der Waals surface area contributed by atoms with Crippen molar-refractivity contribution in [2.45, 2.75) is 8.50 Å². The first-order valence-corrected chi connectivity index (χ1v) is 11.4. The fourth-order valence-electron chi connectivity index (χ4n) is 1.05. The highest BCUT2D eigenvalue weighted by Crippen LogP contribution is 2.47. The van der Waals surface area contributed by atoms with Crippen molar-refractivity contribution in [1.29, 1.82) is 0 Å². The topological polar surface area (TPSA) is 37.4 Å². The Morgan fingerprint density at radius 2 is 1.95 bits per heavy atom. The van der Waals surface area contributed by atoms with Crippen LogP contribution >= 0.6 is 104 Å². The number of alkyl halides is 5. The molecule has 0 spiro atoms. The zero-order chi connectivity index (χ0) is 15.6. The van der Waals surface area contributed by atoms with E-state index in [0.717, 1.165) is 7.28 Å². The van der Waals surface area contributed by atoms with Gasteiger partial charge in [-0.25, -0.2) is 12.1 Å². The summed E-state index contributed by atoms with van der Waals surface area (Å²) in [6, 6.07) is 6.90. The molecular weight excluding hydrogens is 614 g/mol. The molecule has 3 nitrogen and oxygen atoms in total. The van der Waals surface area contributed by atoms with E-state index in [2.05, 4.69) is 22.6 Å². The SMILES string of the molecule is O=S(=O)(CI)N(SC(Cl)(Cl)C(Cl)Cl)c1cccc(I)c1. The quantitative estimate of drug-likeness (QED) is 0.243. The first-order valence-electron chi connectivity index (χ1n) is 4.80. The van der Waals surface area contributed by atoms with Crippen LogP contribution in [0.5, 0.6) is 0 Å². The minimum absolute atomic E-state index is 0.137. The van der Waals surface area contributed by atoms with Gasteiger partial charge in [-0.3, -0.25) is 0 Å². The van der Waals surface area contributed by atoms with Crippen molar-refractivity contribution in [1.82, 2.24) is 0 Å². The molecule has 0 N–H and O–H groups in total. The Morgan fingerprint density at radius 3 is 2.40 bits per heavy atom. The van der Waals surface area contributed by atoms with E-state index in [4.69, 9.17) is 46.4 Å². The van der Waals surface area contributed by atoms with Gasteiger partial charge >= 0.3 is 0 Å². The maximum atomic E-state index is 12.2. The van der Waals surface area contributed by atoms with Crippen LogP contribution in [0.2, 0.25) is 0 Å². The molecule has 0 saturated carbocycles. The lowest BCUT2D eigenvalue weighted by molar-refractivity contribution is 0.603. The molecule has 1 aromatic rings. The molecule has 11 heteroatoms. The van der Waals surface area contributed by atoms with Gasteiger partial charge in [0, 0.05) is 15.5 Å². The average Bonchev–Trinajstić information content (AvgIpc) is 2.35. The van der Waals surface area contributed by atoms with E-state index in [0.29, 0.717) is 17.6 Å². The second-order valence-corrected chi connectivity index (χ2v) is 12.6. The Morgan fingerprint density at radius 1 is 1.35 bits per heavy atom. The normalized spacial score (nSPS) is 12.8. The molecule has 0 aliphatic carbocycles. The van der Waals surface area contributed by atoms with Gasteiger partial charge in [0.1, 0.15) is 3.76 Å². The second-order valence-electron chi connectivity index (χ2n) is 3.38. The minimum Gasteiger partial charge on any atom is -0.208 e.